The largest absolute Gasteiger partial charge is 0.573 e. The van der Waals surface area contributed by atoms with Gasteiger partial charge in [-0.3, -0.25) is 0 Å². The zero-order valence-corrected chi connectivity index (χ0v) is 11.8. The summed E-state index contributed by atoms with van der Waals surface area (Å²) >= 11 is 3.28. The van der Waals surface area contributed by atoms with Crippen molar-refractivity contribution in [2.75, 3.05) is 0 Å². The molecule has 0 saturated carbocycles. The Bertz CT molecular complexity index is 600. The summed E-state index contributed by atoms with van der Waals surface area (Å²) in [5.74, 6) is 0.459. The Labute approximate surface area is 121 Å². The standard InChI is InChI=1S/C13H9BrF3NO2/c1-8-6-9(14)7-18-12(8)19-10-2-4-11(5-3-10)20-13(15,16)17/h2-7H,1H3. The third-order valence-electron chi connectivity index (χ3n) is 2.27. The van der Waals surface area contributed by atoms with Crippen LogP contribution in [0.2, 0.25) is 0 Å². The van der Waals surface area contributed by atoms with Gasteiger partial charge in [0.2, 0.25) is 5.88 Å². The Hall–Kier alpha value is -1.76. The molecule has 0 saturated heterocycles. The van der Waals surface area contributed by atoms with Crippen molar-refractivity contribution in [3.8, 4) is 17.4 Å². The second kappa shape index (κ2) is 5.70. The number of alkyl halides is 3. The molecule has 0 radical (unpaired) electrons. The molecule has 0 aliphatic rings. The van der Waals surface area contributed by atoms with E-state index in [4.69, 9.17) is 4.74 Å². The number of benzene rings is 1. The van der Waals surface area contributed by atoms with E-state index in [1.54, 1.807) is 6.20 Å². The van der Waals surface area contributed by atoms with E-state index in [0.717, 1.165) is 10.0 Å². The van der Waals surface area contributed by atoms with Gasteiger partial charge in [-0.15, -0.1) is 13.2 Å². The lowest BCUT2D eigenvalue weighted by molar-refractivity contribution is -0.274. The van der Waals surface area contributed by atoms with Gasteiger partial charge in [-0.05, 0) is 53.2 Å². The summed E-state index contributed by atoms with van der Waals surface area (Å²) < 4.78 is 46.1. The number of aromatic nitrogens is 1. The highest BCUT2D eigenvalue weighted by Gasteiger charge is 2.30. The van der Waals surface area contributed by atoms with Crippen LogP contribution in [0.1, 0.15) is 5.56 Å². The predicted octanol–water partition coefficient (Wildman–Crippen LogP) is 4.84. The summed E-state index contributed by atoms with van der Waals surface area (Å²) in [6.07, 6.45) is -3.13. The van der Waals surface area contributed by atoms with Gasteiger partial charge in [0.15, 0.2) is 0 Å². The van der Waals surface area contributed by atoms with Gasteiger partial charge in [0.05, 0.1) is 0 Å². The minimum absolute atomic E-state index is 0.301. The lowest BCUT2D eigenvalue weighted by Crippen LogP contribution is -2.16. The number of pyridine rings is 1. The van der Waals surface area contributed by atoms with Crippen LogP contribution in [-0.4, -0.2) is 11.3 Å². The van der Waals surface area contributed by atoms with Crippen LogP contribution in [0.3, 0.4) is 0 Å². The van der Waals surface area contributed by atoms with Crippen molar-refractivity contribution in [3.63, 3.8) is 0 Å². The number of aryl methyl sites for hydroxylation is 1. The maximum absolute atomic E-state index is 12.0. The molecule has 1 heterocycles. The van der Waals surface area contributed by atoms with Crippen molar-refractivity contribution in [2.45, 2.75) is 13.3 Å². The Balaban J connectivity index is 2.11. The summed E-state index contributed by atoms with van der Waals surface area (Å²) in [6.45, 7) is 1.81. The van der Waals surface area contributed by atoms with Gasteiger partial charge in [-0.2, -0.15) is 0 Å². The van der Waals surface area contributed by atoms with Gasteiger partial charge in [0, 0.05) is 16.2 Å². The SMILES string of the molecule is Cc1cc(Br)cnc1Oc1ccc(OC(F)(F)F)cc1. The summed E-state index contributed by atoms with van der Waals surface area (Å²) in [5, 5.41) is 0. The molecule has 1 aromatic carbocycles. The minimum Gasteiger partial charge on any atom is -0.439 e. The smallest absolute Gasteiger partial charge is 0.439 e. The number of nitrogens with zero attached hydrogens (tertiary/aromatic N) is 1. The molecule has 0 fully saturated rings. The van der Waals surface area contributed by atoms with E-state index in [-0.39, 0.29) is 5.75 Å². The Kier molecular flexibility index (Phi) is 4.17. The molecule has 0 aliphatic heterocycles. The van der Waals surface area contributed by atoms with Crippen molar-refractivity contribution in [1.82, 2.24) is 4.98 Å². The van der Waals surface area contributed by atoms with Crippen LogP contribution in [0.15, 0.2) is 41.0 Å². The first kappa shape index (κ1) is 14.6. The zero-order chi connectivity index (χ0) is 14.8. The highest BCUT2D eigenvalue weighted by atomic mass is 79.9. The minimum atomic E-state index is -4.70. The lowest BCUT2D eigenvalue weighted by atomic mass is 10.3. The van der Waals surface area contributed by atoms with Crippen LogP contribution in [-0.2, 0) is 0 Å². The van der Waals surface area contributed by atoms with E-state index >= 15 is 0 Å². The van der Waals surface area contributed by atoms with Gasteiger partial charge >= 0.3 is 6.36 Å². The lowest BCUT2D eigenvalue weighted by Gasteiger charge is -2.10. The van der Waals surface area contributed by atoms with Gasteiger partial charge in [0.25, 0.3) is 0 Å². The first-order valence-electron chi connectivity index (χ1n) is 5.49. The van der Waals surface area contributed by atoms with Crippen molar-refractivity contribution in [2.24, 2.45) is 0 Å². The summed E-state index contributed by atoms with van der Waals surface area (Å²) in [5.41, 5.74) is 0.801. The average molecular weight is 348 g/mol. The van der Waals surface area contributed by atoms with Crippen molar-refractivity contribution < 1.29 is 22.6 Å². The highest BCUT2D eigenvalue weighted by molar-refractivity contribution is 9.10. The first-order valence-corrected chi connectivity index (χ1v) is 6.28. The van der Waals surface area contributed by atoms with Crippen LogP contribution in [0.4, 0.5) is 13.2 Å². The Morgan fingerprint density at radius 1 is 1.10 bits per heavy atom. The molecule has 3 nitrogen and oxygen atoms in total. The highest BCUT2D eigenvalue weighted by Crippen LogP contribution is 2.28. The number of halogens is 4. The van der Waals surface area contributed by atoms with Gasteiger partial charge in [-0.25, -0.2) is 4.98 Å². The number of hydrogen-bond acceptors (Lipinski definition) is 3. The van der Waals surface area contributed by atoms with Crippen LogP contribution in [0.5, 0.6) is 17.4 Å². The third kappa shape index (κ3) is 4.12. The molecule has 20 heavy (non-hydrogen) atoms. The van der Waals surface area contributed by atoms with Crippen molar-refractivity contribution in [1.29, 1.82) is 0 Å². The van der Waals surface area contributed by atoms with Crippen LogP contribution >= 0.6 is 15.9 Å². The molecule has 106 valence electrons. The third-order valence-corrected chi connectivity index (χ3v) is 2.70. The molecule has 7 heteroatoms. The van der Waals surface area contributed by atoms with E-state index in [0.29, 0.717) is 11.6 Å². The van der Waals surface area contributed by atoms with Gasteiger partial charge < -0.3 is 9.47 Å². The summed E-state index contributed by atoms with van der Waals surface area (Å²) in [7, 11) is 0. The molecule has 0 aliphatic carbocycles. The molecular weight excluding hydrogens is 339 g/mol. The van der Waals surface area contributed by atoms with Crippen molar-refractivity contribution >= 4 is 15.9 Å². The second-order valence-corrected chi connectivity index (χ2v) is 4.81. The fourth-order valence-corrected chi connectivity index (χ4v) is 1.90. The molecular formula is C13H9BrF3NO2. The van der Waals surface area contributed by atoms with Crippen LogP contribution in [0.25, 0.3) is 0 Å². The molecule has 1 aromatic heterocycles. The average Bonchev–Trinajstić information content (AvgIpc) is 2.33. The molecule has 0 N–H and O–H groups in total. The fraction of sp³-hybridized carbons (Fsp3) is 0.154. The molecule has 2 aromatic rings. The van der Waals surface area contributed by atoms with Gasteiger partial charge in [-0.1, -0.05) is 0 Å². The molecule has 0 unspecified atom stereocenters. The molecule has 0 bridgehead atoms. The predicted molar refractivity (Wildman–Crippen MR) is 69.9 cm³/mol. The molecule has 2 rings (SSSR count). The Morgan fingerprint density at radius 2 is 1.70 bits per heavy atom. The number of hydrogen-bond donors (Lipinski definition) is 0. The normalized spacial score (nSPS) is 11.2. The molecule has 0 atom stereocenters. The number of ether oxygens (including phenoxy) is 2. The van der Waals surface area contributed by atoms with Gasteiger partial charge in [0.1, 0.15) is 11.5 Å². The monoisotopic (exact) mass is 347 g/mol. The van der Waals surface area contributed by atoms with E-state index in [1.807, 2.05) is 13.0 Å². The molecule has 0 amide bonds. The topological polar surface area (TPSA) is 31.4 Å². The quantitative estimate of drug-likeness (QED) is 0.795. The summed E-state index contributed by atoms with van der Waals surface area (Å²) in [4.78, 5) is 4.07. The van der Waals surface area contributed by atoms with E-state index in [2.05, 4.69) is 25.7 Å². The first-order chi connectivity index (χ1) is 9.33. The van der Waals surface area contributed by atoms with E-state index in [1.165, 1.54) is 24.3 Å². The fourth-order valence-electron chi connectivity index (χ4n) is 1.46. The van der Waals surface area contributed by atoms with Crippen LogP contribution < -0.4 is 9.47 Å². The molecule has 0 spiro atoms. The maximum Gasteiger partial charge on any atom is 0.573 e. The maximum atomic E-state index is 12.0. The van der Waals surface area contributed by atoms with Crippen LogP contribution in [0, 0.1) is 6.92 Å². The van der Waals surface area contributed by atoms with Crippen molar-refractivity contribution in [3.05, 3.63) is 46.6 Å². The summed E-state index contributed by atoms with van der Waals surface area (Å²) in [6, 6.07) is 6.94. The number of rotatable bonds is 3. The second-order valence-electron chi connectivity index (χ2n) is 3.90. The van der Waals surface area contributed by atoms with E-state index in [9.17, 15) is 13.2 Å². The van der Waals surface area contributed by atoms with E-state index < -0.39 is 6.36 Å². The Morgan fingerprint density at radius 3 is 2.25 bits per heavy atom. The zero-order valence-electron chi connectivity index (χ0n) is 10.2.